The van der Waals surface area contributed by atoms with Gasteiger partial charge in [0.25, 0.3) is 0 Å². The van der Waals surface area contributed by atoms with Crippen LogP contribution in [0, 0.1) is 24.7 Å². The Morgan fingerprint density at radius 2 is 2.10 bits per heavy atom. The summed E-state index contributed by atoms with van der Waals surface area (Å²) in [6.45, 7) is 7.31. The molecule has 0 aromatic heterocycles. The normalized spacial score (nSPS) is 29.6. The van der Waals surface area contributed by atoms with Gasteiger partial charge in [-0.3, -0.25) is 0 Å². The Hall–Kier alpha value is -1.46. The Morgan fingerprint density at radius 3 is 2.90 bits per heavy atom. The fourth-order valence-electron chi connectivity index (χ4n) is 5.72. The monoisotopic (exact) mass is 425 g/mol. The van der Waals surface area contributed by atoms with Crippen LogP contribution in [0.5, 0.6) is 0 Å². The molecule has 0 spiro atoms. The largest absolute Gasteiger partial charge is 0.392 e. The number of nitrogens with zero attached hydrogens (tertiary/aromatic N) is 1. The maximum Gasteiger partial charge on any atom is 0.0761 e. The third-order valence-corrected chi connectivity index (χ3v) is 7.28. The Bertz CT molecular complexity index is 767. The van der Waals surface area contributed by atoms with E-state index in [0.29, 0.717) is 18.3 Å². The third kappa shape index (κ3) is 6.29. The van der Waals surface area contributed by atoms with E-state index in [2.05, 4.69) is 42.2 Å². The second-order valence-electron chi connectivity index (χ2n) is 9.84. The van der Waals surface area contributed by atoms with E-state index in [1.54, 1.807) is 0 Å². The van der Waals surface area contributed by atoms with Gasteiger partial charge in [0.05, 0.1) is 18.8 Å². The van der Waals surface area contributed by atoms with Gasteiger partial charge >= 0.3 is 0 Å². The molecule has 4 heteroatoms. The van der Waals surface area contributed by atoms with E-state index in [9.17, 15) is 10.2 Å². The number of fused-ring (bicyclic) bond motifs is 1. The molecule has 4 rings (SSSR count). The van der Waals surface area contributed by atoms with Gasteiger partial charge in [0.2, 0.25) is 0 Å². The lowest BCUT2D eigenvalue weighted by molar-refractivity contribution is 0.131. The standard InChI is InChI=1S/C27H39NO3/c1-20-6-4-7-21(14-20)16-24(29)8-9-25-26-17-22(15-23(26)18-27(25)30)19-31-13-5-12-28-10-2-3-11-28/h4,6-9,14-15,23-27,29-30H,2-3,5,10-13,16-19H2,1H3/b9-8+/t23-,24+,25+,26-,27+/m0/s1. The molecule has 1 heterocycles. The number of hydrogen-bond donors (Lipinski definition) is 2. The van der Waals surface area contributed by atoms with Crippen LogP contribution in [0.4, 0.5) is 0 Å². The topological polar surface area (TPSA) is 52.9 Å². The minimum Gasteiger partial charge on any atom is -0.392 e. The molecule has 0 unspecified atom stereocenters. The van der Waals surface area contributed by atoms with E-state index in [1.165, 1.54) is 37.1 Å². The molecular weight excluding hydrogens is 386 g/mol. The molecule has 31 heavy (non-hydrogen) atoms. The van der Waals surface area contributed by atoms with E-state index in [1.807, 2.05) is 12.1 Å². The molecule has 0 amide bonds. The highest BCUT2D eigenvalue weighted by Crippen LogP contribution is 2.47. The van der Waals surface area contributed by atoms with Crippen molar-refractivity contribution >= 4 is 0 Å². The van der Waals surface area contributed by atoms with Gasteiger partial charge in [-0.05, 0) is 75.1 Å². The molecule has 2 fully saturated rings. The first kappa shape index (κ1) is 22.7. The molecule has 1 saturated carbocycles. The Morgan fingerprint density at radius 1 is 1.26 bits per heavy atom. The molecule has 2 aliphatic carbocycles. The number of allylic oxidation sites excluding steroid dienone is 1. The lowest BCUT2D eigenvalue weighted by Gasteiger charge is -2.19. The van der Waals surface area contributed by atoms with Gasteiger partial charge in [0.15, 0.2) is 0 Å². The van der Waals surface area contributed by atoms with Crippen LogP contribution in [-0.4, -0.2) is 60.2 Å². The van der Waals surface area contributed by atoms with Crippen molar-refractivity contribution in [1.82, 2.24) is 4.90 Å². The zero-order valence-electron chi connectivity index (χ0n) is 19.0. The predicted octanol–water partition coefficient (Wildman–Crippen LogP) is 3.90. The number of ether oxygens (including phenoxy) is 1. The molecule has 1 aromatic rings. The first-order valence-corrected chi connectivity index (χ1v) is 12.2. The number of rotatable bonds is 10. The lowest BCUT2D eigenvalue weighted by atomic mass is 9.89. The average molecular weight is 426 g/mol. The number of benzene rings is 1. The fourth-order valence-corrected chi connectivity index (χ4v) is 5.72. The summed E-state index contributed by atoms with van der Waals surface area (Å²) >= 11 is 0. The first-order valence-electron chi connectivity index (χ1n) is 12.2. The number of aliphatic hydroxyl groups is 2. The van der Waals surface area contributed by atoms with Gasteiger partial charge in [-0.25, -0.2) is 0 Å². The molecule has 170 valence electrons. The van der Waals surface area contributed by atoms with Gasteiger partial charge in [0.1, 0.15) is 0 Å². The summed E-state index contributed by atoms with van der Waals surface area (Å²) in [5.74, 6) is 1.02. The van der Waals surface area contributed by atoms with Crippen molar-refractivity contribution in [3.05, 3.63) is 59.2 Å². The zero-order chi connectivity index (χ0) is 21.6. The van der Waals surface area contributed by atoms with Crippen LogP contribution in [0.25, 0.3) is 0 Å². The molecule has 1 aliphatic heterocycles. The average Bonchev–Trinajstić information content (AvgIpc) is 3.43. The number of likely N-dealkylation sites (tertiary alicyclic amines) is 1. The van der Waals surface area contributed by atoms with Crippen molar-refractivity contribution in [2.75, 3.05) is 32.8 Å². The minimum absolute atomic E-state index is 0.126. The summed E-state index contributed by atoms with van der Waals surface area (Å²) in [7, 11) is 0. The van der Waals surface area contributed by atoms with Crippen LogP contribution in [-0.2, 0) is 11.2 Å². The van der Waals surface area contributed by atoms with Crippen molar-refractivity contribution in [1.29, 1.82) is 0 Å². The summed E-state index contributed by atoms with van der Waals surface area (Å²) in [5, 5.41) is 21.0. The molecule has 0 radical (unpaired) electrons. The summed E-state index contributed by atoms with van der Waals surface area (Å²) in [6.07, 6.45) is 11.8. The fraction of sp³-hybridized carbons (Fsp3) is 0.630. The van der Waals surface area contributed by atoms with Gasteiger partial charge < -0.3 is 19.8 Å². The van der Waals surface area contributed by atoms with Crippen LogP contribution in [0.15, 0.2) is 48.1 Å². The second kappa shape index (κ2) is 10.9. The molecule has 0 bridgehead atoms. The molecule has 1 aromatic carbocycles. The molecule has 3 aliphatic rings. The Labute approximate surface area is 187 Å². The van der Waals surface area contributed by atoms with Crippen molar-refractivity contribution in [3.8, 4) is 0 Å². The highest BCUT2D eigenvalue weighted by molar-refractivity contribution is 5.24. The van der Waals surface area contributed by atoms with E-state index in [4.69, 9.17) is 4.74 Å². The number of aliphatic hydroxyl groups excluding tert-OH is 2. The highest BCUT2D eigenvalue weighted by Gasteiger charge is 2.43. The molecule has 5 atom stereocenters. The van der Waals surface area contributed by atoms with E-state index in [-0.39, 0.29) is 12.0 Å². The molecule has 4 nitrogen and oxygen atoms in total. The SMILES string of the molecule is Cc1cccc(C[C@H](O)/C=C/[C@@H]2[C@H]3CC(COCCCN4CCCC4)=C[C@H]3C[C@H]2O)c1. The lowest BCUT2D eigenvalue weighted by Crippen LogP contribution is -2.21. The van der Waals surface area contributed by atoms with Gasteiger partial charge in [-0.15, -0.1) is 0 Å². The molecule has 1 saturated heterocycles. The summed E-state index contributed by atoms with van der Waals surface area (Å²) in [6, 6.07) is 8.29. The van der Waals surface area contributed by atoms with E-state index < -0.39 is 6.10 Å². The van der Waals surface area contributed by atoms with Crippen molar-refractivity contribution in [2.24, 2.45) is 17.8 Å². The zero-order valence-corrected chi connectivity index (χ0v) is 19.0. The molecular formula is C27H39NO3. The van der Waals surface area contributed by atoms with Gasteiger partial charge in [0, 0.05) is 25.5 Å². The second-order valence-corrected chi connectivity index (χ2v) is 9.84. The number of aryl methyl sites for hydroxylation is 1. The maximum absolute atomic E-state index is 10.6. The van der Waals surface area contributed by atoms with Crippen molar-refractivity contribution < 1.29 is 14.9 Å². The Balaban J connectivity index is 1.20. The van der Waals surface area contributed by atoms with Crippen molar-refractivity contribution in [3.63, 3.8) is 0 Å². The van der Waals surface area contributed by atoms with Crippen molar-refractivity contribution in [2.45, 2.75) is 57.7 Å². The van der Waals surface area contributed by atoms with Crippen LogP contribution >= 0.6 is 0 Å². The van der Waals surface area contributed by atoms with Gasteiger partial charge in [-0.1, -0.05) is 48.1 Å². The number of hydrogen-bond acceptors (Lipinski definition) is 4. The molecule has 2 N–H and O–H groups in total. The third-order valence-electron chi connectivity index (χ3n) is 7.28. The minimum atomic E-state index is -0.513. The van der Waals surface area contributed by atoms with Crippen LogP contribution in [0.2, 0.25) is 0 Å². The van der Waals surface area contributed by atoms with Crippen LogP contribution < -0.4 is 0 Å². The first-order chi connectivity index (χ1) is 15.1. The summed E-state index contributed by atoms with van der Waals surface area (Å²) < 4.78 is 5.96. The maximum atomic E-state index is 10.6. The van der Waals surface area contributed by atoms with Crippen LogP contribution in [0.3, 0.4) is 0 Å². The van der Waals surface area contributed by atoms with E-state index in [0.717, 1.165) is 44.6 Å². The smallest absolute Gasteiger partial charge is 0.0761 e. The van der Waals surface area contributed by atoms with Gasteiger partial charge in [-0.2, -0.15) is 0 Å². The quantitative estimate of drug-likeness (QED) is 0.441. The Kier molecular flexibility index (Phi) is 8.00. The van der Waals surface area contributed by atoms with Crippen LogP contribution in [0.1, 0.15) is 43.2 Å². The summed E-state index contributed by atoms with van der Waals surface area (Å²) in [5.41, 5.74) is 3.75. The predicted molar refractivity (Wildman–Crippen MR) is 125 cm³/mol. The van der Waals surface area contributed by atoms with E-state index >= 15 is 0 Å². The summed E-state index contributed by atoms with van der Waals surface area (Å²) in [4.78, 5) is 2.54. The highest BCUT2D eigenvalue weighted by atomic mass is 16.5.